The third kappa shape index (κ3) is 4.82. The molecule has 0 bridgehead atoms. The Bertz CT molecular complexity index is 1490. The Kier molecular flexibility index (Phi) is 6.47. The van der Waals surface area contributed by atoms with E-state index >= 15 is 4.39 Å². The number of piperidine rings is 1. The fourth-order valence-electron chi connectivity index (χ4n) is 4.88. The first kappa shape index (κ1) is 24.1. The van der Waals surface area contributed by atoms with Crippen molar-refractivity contribution in [2.45, 2.75) is 31.4 Å². The number of aromatic amines is 1. The van der Waals surface area contributed by atoms with Gasteiger partial charge in [-0.1, -0.05) is 18.2 Å². The zero-order chi connectivity index (χ0) is 26.1. The van der Waals surface area contributed by atoms with Crippen LogP contribution in [0.15, 0.2) is 61.1 Å². The van der Waals surface area contributed by atoms with Crippen molar-refractivity contribution >= 4 is 28.5 Å². The van der Waals surface area contributed by atoms with Gasteiger partial charge >= 0.3 is 0 Å². The van der Waals surface area contributed by atoms with E-state index in [0.717, 1.165) is 19.3 Å². The zero-order valence-electron chi connectivity index (χ0n) is 20.5. The number of anilines is 1. The quantitative estimate of drug-likeness (QED) is 0.266. The molecule has 2 unspecified atom stereocenters. The number of hydrogen-bond donors (Lipinski definition) is 2. The molecule has 6 rings (SSSR count). The number of H-pyrrole nitrogens is 1. The van der Waals surface area contributed by atoms with Crippen LogP contribution in [-0.2, 0) is 9.53 Å². The lowest BCUT2D eigenvalue weighted by Crippen LogP contribution is -2.48. The fourth-order valence-corrected chi connectivity index (χ4v) is 4.88. The molecule has 2 aliphatic heterocycles. The number of hydrogen-bond acceptors (Lipinski definition) is 7. The van der Waals surface area contributed by atoms with Crippen LogP contribution in [0.4, 0.5) is 10.2 Å². The van der Waals surface area contributed by atoms with Crippen LogP contribution in [0.1, 0.15) is 35.2 Å². The van der Waals surface area contributed by atoms with Crippen LogP contribution in [0.3, 0.4) is 0 Å². The third-order valence-electron chi connectivity index (χ3n) is 6.90. The Hall–Kier alpha value is -4.31. The van der Waals surface area contributed by atoms with Crippen molar-refractivity contribution in [2.24, 2.45) is 0 Å². The van der Waals surface area contributed by atoms with Gasteiger partial charge < -0.3 is 24.7 Å². The number of benzene rings is 2. The average Bonchev–Trinajstić information content (AvgIpc) is 3.70. The van der Waals surface area contributed by atoms with Crippen LogP contribution >= 0.6 is 0 Å². The first-order chi connectivity index (χ1) is 18.6. The molecule has 4 aromatic rings. The molecule has 194 valence electrons. The number of carbonyl (C=O) groups excluding carboxylic acids is 2. The van der Waals surface area contributed by atoms with Gasteiger partial charge in [0.25, 0.3) is 5.91 Å². The number of nitrogens with zero attached hydrogens (tertiary/aromatic N) is 3. The van der Waals surface area contributed by atoms with Crippen LogP contribution in [0, 0.1) is 5.82 Å². The van der Waals surface area contributed by atoms with Crippen LogP contribution in [0.5, 0.6) is 11.5 Å². The van der Waals surface area contributed by atoms with E-state index in [-0.39, 0.29) is 34.9 Å². The molecule has 2 aliphatic rings. The molecular weight excluding hydrogens is 489 g/mol. The second-order valence-electron chi connectivity index (χ2n) is 9.42. The number of ketones is 1. The van der Waals surface area contributed by atoms with E-state index in [9.17, 15) is 9.59 Å². The Labute approximate surface area is 218 Å². The minimum atomic E-state index is -0.692. The Morgan fingerprint density at radius 1 is 1.11 bits per heavy atom. The number of halogens is 1. The second-order valence-corrected chi connectivity index (χ2v) is 9.42. The van der Waals surface area contributed by atoms with Crippen molar-refractivity contribution in [1.29, 1.82) is 0 Å². The average molecular weight is 516 g/mol. The molecule has 0 spiro atoms. The van der Waals surface area contributed by atoms with E-state index in [4.69, 9.17) is 9.47 Å². The summed E-state index contributed by atoms with van der Waals surface area (Å²) in [6.45, 7) is 1.64. The summed E-state index contributed by atoms with van der Waals surface area (Å²) in [7, 11) is 0. The number of nitrogens with one attached hydrogen (secondary N) is 2. The van der Waals surface area contributed by atoms with E-state index < -0.39 is 11.6 Å². The zero-order valence-corrected chi connectivity index (χ0v) is 20.5. The third-order valence-corrected chi connectivity index (χ3v) is 6.90. The Morgan fingerprint density at radius 2 is 1.95 bits per heavy atom. The lowest BCUT2D eigenvalue weighted by atomic mass is 10.0. The summed E-state index contributed by atoms with van der Waals surface area (Å²) in [6.07, 6.45) is 5.44. The van der Waals surface area contributed by atoms with Gasteiger partial charge in [-0.15, -0.1) is 0 Å². The molecule has 0 saturated carbocycles. The summed E-state index contributed by atoms with van der Waals surface area (Å²) in [5, 5.41) is 3.79. The summed E-state index contributed by atoms with van der Waals surface area (Å²) in [6, 6.07) is 13.2. The standard InChI is InChI=1S/C28H26FN5O4/c29-22-12-19(38-18-7-2-1-3-8-18)9-10-20(22)25(35)21-14-31-27-24(21)26(32-16-33-27)30-13-17-6-4-5-11-34(17)28(36)23-15-37-23/h1-3,7-10,12,14,16-17,23H,4-6,11,13,15H2,(H2,30,31,32,33). The van der Waals surface area contributed by atoms with Gasteiger partial charge in [0.05, 0.1) is 23.1 Å². The monoisotopic (exact) mass is 515 g/mol. The molecule has 9 nitrogen and oxygen atoms in total. The minimum absolute atomic E-state index is 0.0156. The molecule has 2 N–H and O–H groups in total. The summed E-state index contributed by atoms with van der Waals surface area (Å²) in [5.41, 5.74) is 0.620. The van der Waals surface area contributed by atoms with Crippen LogP contribution in [-0.4, -0.2) is 63.4 Å². The van der Waals surface area contributed by atoms with E-state index in [1.165, 1.54) is 24.7 Å². The molecule has 2 saturated heterocycles. The maximum absolute atomic E-state index is 15.1. The number of carbonyl (C=O) groups is 2. The van der Waals surface area contributed by atoms with Gasteiger partial charge in [0.1, 0.15) is 35.1 Å². The van der Waals surface area contributed by atoms with Crippen molar-refractivity contribution in [3.05, 3.63) is 78.0 Å². The smallest absolute Gasteiger partial charge is 0.254 e. The number of aromatic nitrogens is 3. The van der Waals surface area contributed by atoms with Crippen molar-refractivity contribution in [2.75, 3.05) is 25.0 Å². The predicted octanol–water partition coefficient (Wildman–Crippen LogP) is 4.31. The van der Waals surface area contributed by atoms with Gasteiger partial charge in [-0.3, -0.25) is 9.59 Å². The second kappa shape index (κ2) is 10.2. The number of para-hydroxylation sites is 1. The normalized spacial score (nSPS) is 18.8. The van der Waals surface area contributed by atoms with Crippen LogP contribution in [0.2, 0.25) is 0 Å². The van der Waals surface area contributed by atoms with E-state index in [1.54, 1.807) is 18.2 Å². The van der Waals surface area contributed by atoms with Crippen molar-refractivity contribution < 1.29 is 23.5 Å². The molecule has 1 amide bonds. The summed E-state index contributed by atoms with van der Waals surface area (Å²) in [4.78, 5) is 39.6. The topological polar surface area (TPSA) is 113 Å². The molecule has 38 heavy (non-hydrogen) atoms. The maximum Gasteiger partial charge on any atom is 0.254 e. The lowest BCUT2D eigenvalue weighted by Gasteiger charge is -2.35. The molecule has 2 aromatic heterocycles. The molecule has 2 atom stereocenters. The van der Waals surface area contributed by atoms with Gasteiger partial charge in [0.2, 0.25) is 0 Å². The molecule has 2 aromatic carbocycles. The predicted molar refractivity (Wildman–Crippen MR) is 138 cm³/mol. The molecule has 10 heteroatoms. The van der Waals surface area contributed by atoms with Gasteiger partial charge in [-0.25, -0.2) is 14.4 Å². The number of epoxide rings is 1. The van der Waals surface area contributed by atoms with Crippen molar-refractivity contribution in [3.8, 4) is 11.5 Å². The van der Waals surface area contributed by atoms with E-state index in [1.807, 2.05) is 23.1 Å². The summed E-state index contributed by atoms with van der Waals surface area (Å²) < 4.78 is 26.0. The summed E-state index contributed by atoms with van der Waals surface area (Å²) >= 11 is 0. The van der Waals surface area contributed by atoms with Gasteiger partial charge in [-0.05, 0) is 43.5 Å². The number of rotatable bonds is 8. The highest BCUT2D eigenvalue weighted by Gasteiger charge is 2.38. The number of fused-ring (bicyclic) bond motifs is 1. The molecule has 2 fully saturated rings. The largest absolute Gasteiger partial charge is 0.457 e. The van der Waals surface area contributed by atoms with E-state index in [0.29, 0.717) is 42.3 Å². The summed E-state index contributed by atoms with van der Waals surface area (Å²) in [5.74, 6) is 0.138. The number of amides is 1. The highest BCUT2D eigenvalue weighted by molar-refractivity contribution is 6.18. The number of likely N-dealkylation sites (tertiary alicyclic amines) is 1. The maximum atomic E-state index is 15.1. The highest BCUT2D eigenvalue weighted by atomic mass is 19.1. The van der Waals surface area contributed by atoms with Crippen molar-refractivity contribution in [3.63, 3.8) is 0 Å². The van der Waals surface area contributed by atoms with Crippen LogP contribution in [0.25, 0.3) is 11.0 Å². The lowest BCUT2D eigenvalue weighted by molar-refractivity contribution is -0.135. The van der Waals surface area contributed by atoms with Gasteiger partial charge in [-0.2, -0.15) is 0 Å². The molecule has 4 heterocycles. The Balaban J connectivity index is 1.23. The number of ether oxygens (including phenoxy) is 2. The fraction of sp³-hybridized carbons (Fsp3) is 0.286. The SMILES string of the molecule is O=C(c1ccc(Oc2ccccc2)cc1F)c1c[nH]c2ncnc(NCC3CCCCN3C(=O)C3CO3)c12. The van der Waals surface area contributed by atoms with Gasteiger partial charge in [0.15, 0.2) is 11.9 Å². The van der Waals surface area contributed by atoms with Gasteiger partial charge in [0, 0.05) is 31.4 Å². The first-order valence-corrected chi connectivity index (χ1v) is 12.6. The molecule has 0 aliphatic carbocycles. The molecular formula is C28H26FN5O4. The molecule has 0 radical (unpaired) electrons. The van der Waals surface area contributed by atoms with E-state index in [2.05, 4.69) is 20.3 Å². The Morgan fingerprint density at radius 3 is 2.74 bits per heavy atom. The first-order valence-electron chi connectivity index (χ1n) is 12.6. The van der Waals surface area contributed by atoms with Crippen molar-refractivity contribution in [1.82, 2.24) is 19.9 Å². The van der Waals surface area contributed by atoms with Crippen LogP contribution < -0.4 is 10.1 Å². The highest BCUT2D eigenvalue weighted by Crippen LogP contribution is 2.29. The minimum Gasteiger partial charge on any atom is -0.457 e.